The van der Waals surface area contributed by atoms with Gasteiger partial charge in [0.15, 0.2) is 0 Å². The average Bonchev–Trinajstić information content (AvgIpc) is 3.11. The molecule has 1 unspecified atom stereocenters. The van der Waals surface area contributed by atoms with Crippen LogP contribution in [0.4, 0.5) is 20.6 Å². The second-order valence-electron chi connectivity index (χ2n) is 9.42. The maximum atomic E-state index is 14.8. The second kappa shape index (κ2) is 9.77. The number of nitrogens with zero attached hydrogens (tertiary/aromatic N) is 3. The Balaban J connectivity index is 1.25. The molecule has 4 aliphatic rings. The maximum absolute atomic E-state index is 14.8. The Labute approximate surface area is 197 Å². The van der Waals surface area contributed by atoms with Gasteiger partial charge in [0.2, 0.25) is 0 Å². The zero-order valence-corrected chi connectivity index (χ0v) is 19.1. The molecule has 0 radical (unpaired) electrons. The molecule has 9 nitrogen and oxygen atoms in total. The summed E-state index contributed by atoms with van der Waals surface area (Å²) in [6, 6.07) is 4.66. The average molecular weight is 476 g/mol. The SMILES string of the molecule is O=C(ON(CC1CN(c2ccc(N3CCOCC3)c(F)c2)C(=O)O1)C(=O)C1CCC1)C1CCC1. The zero-order chi connectivity index (χ0) is 23.7. The Hall–Kier alpha value is -2.88. The third-order valence-corrected chi connectivity index (χ3v) is 7.18. The molecule has 0 spiro atoms. The summed E-state index contributed by atoms with van der Waals surface area (Å²) in [5, 5.41) is 1.09. The number of ether oxygens (including phenoxy) is 2. The van der Waals surface area contributed by atoms with Crippen molar-refractivity contribution in [2.24, 2.45) is 11.8 Å². The van der Waals surface area contributed by atoms with E-state index in [0.29, 0.717) is 37.7 Å². The van der Waals surface area contributed by atoms with Crippen LogP contribution in [-0.2, 0) is 23.9 Å². The molecule has 0 N–H and O–H groups in total. The van der Waals surface area contributed by atoms with Crippen molar-refractivity contribution in [3.63, 3.8) is 0 Å². The van der Waals surface area contributed by atoms with Crippen molar-refractivity contribution >= 4 is 29.3 Å². The molecule has 2 saturated heterocycles. The lowest BCUT2D eigenvalue weighted by atomic mass is 9.84. The van der Waals surface area contributed by atoms with Crippen molar-refractivity contribution in [3.8, 4) is 0 Å². The standard InChI is InChI=1S/C24H30FN3O6/c25-20-13-18(7-8-21(20)26-9-11-32-12-10-26)27-14-19(33-24(27)31)15-28(22(29)16-3-1-4-16)34-23(30)17-5-2-6-17/h7-8,13,16-17,19H,1-6,9-12,14-15H2. The lowest BCUT2D eigenvalue weighted by Crippen LogP contribution is -2.46. The van der Waals surface area contributed by atoms with Crippen LogP contribution in [0.25, 0.3) is 0 Å². The Morgan fingerprint density at radius 1 is 1.09 bits per heavy atom. The molecule has 2 aliphatic heterocycles. The Bertz CT molecular complexity index is 945. The van der Waals surface area contributed by atoms with Crippen LogP contribution >= 0.6 is 0 Å². The van der Waals surface area contributed by atoms with Crippen LogP contribution in [0.2, 0.25) is 0 Å². The van der Waals surface area contributed by atoms with E-state index in [0.717, 1.165) is 43.6 Å². The minimum absolute atomic E-state index is 0.0373. The van der Waals surface area contributed by atoms with Gasteiger partial charge in [-0.15, -0.1) is 0 Å². The Kier molecular flexibility index (Phi) is 6.58. The molecule has 0 aromatic heterocycles. The van der Waals surface area contributed by atoms with E-state index in [4.69, 9.17) is 14.3 Å². The molecule has 34 heavy (non-hydrogen) atoms. The van der Waals surface area contributed by atoms with Crippen LogP contribution in [0.1, 0.15) is 38.5 Å². The molecule has 5 rings (SSSR count). The maximum Gasteiger partial charge on any atom is 0.414 e. The summed E-state index contributed by atoms with van der Waals surface area (Å²) in [5.74, 6) is -1.40. The van der Waals surface area contributed by atoms with Gasteiger partial charge in [-0.1, -0.05) is 12.8 Å². The molecule has 4 fully saturated rings. The first-order chi connectivity index (χ1) is 16.5. The highest BCUT2D eigenvalue weighted by atomic mass is 19.1. The number of hydroxylamine groups is 2. The number of morpholine rings is 1. The van der Waals surface area contributed by atoms with Gasteiger partial charge in [-0.3, -0.25) is 9.69 Å². The first kappa shape index (κ1) is 22.9. The molecule has 2 saturated carbocycles. The normalized spacial score (nSPS) is 23.2. The third kappa shape index (κ3) is 4.68. The smallest absolute Gasteiger partial charge is 0.414 e. The number of carbonyl (C=O) groups excluding carboxylic acids is 3. The number of hydrogen-bond donors (Lipinski definition) is 0. The number of amides is 2. The van der Waals surface area contributed by atoms with Gasteiger partial charge in [0, 0.05) is 19.0 Å². The van der Waals surface area contributed by atoms with Crippen molar-refractivity contribution in [2.45, 2.75) is 44.6 Å². The van der Waals surface area contributed by atoms with E-state index in [1.807, 2.05) is 4.90 Å². The van der Waals surface area contributed by atoms with Gasteiger partial charge in [-0.25, -0.2) is 14.0 Å². The molecule has 1 aromatic carbocycles. The Morgan fingerprint density at radius 2 is 1.79 bits per heavy atom. The van der Waals surface area contributed by atoms with E-state index in [9.17, 15) is 18.8 Å². The summed E-state index contributed by atoms with van der Waals surface area (Å²) < 4.78 is 25.6. The van der Waals surface area contributed by atoms with E-state index < -0.39 is 24.0 Å². The molecular weight excluding hydrogens is 445 g/mol. The van der Waals surface area contributed by atoms with Crippen LogP contribution in [-0.4, -0.2) is 68.5 Å². The van der Waals surface area contributed by atoms with E-state index >= 15 is 0 Å². The van der Waals surface area contributed by atoms with Crippen LogP contribution < -0.4 is 9.80 Å². The summed E-state index contributed by atoms with van der Waals surface area (Å²) in [5.41, 5.74) is 0.849. The topological polar surface area (TPSA) is 88.6 Å². The van der Waals surface area contributed by atoms with Gasteiger partial charge in [0.1, 0.15) is 11.9 Å². The molecule has 2 amide bonds. The fraction of sp³-hybridized carbons (Fsp3) is 0.625. The molecule has 2 aliphatic carbocycles. The number of cyclic esters (lactones) is 1. The van der Waals surface area contributed by atoms with Crippen molar-refractivity contribution in [1.29, 1.82) is 0 Å². The van der Waals surface area contributed by atoms with Crippen LogP contribution in [0.3, 0.4) is 0 Å². The number of benzene rings is 1. The predicted molar refractivity (Wildman–Crippen MR) is 120 cm³/mol. The van der Waals surface area contributed by atoms with Gasteiger partial charge in [-0.05, 0) is 43.9 Å². The third-order valence-electron chi connectivity index (χ3n) is 7.18. The predicted octanol–water partition coefficient (Wildman–Crippen LogP) is 2.87. The molecule has 0 bridgehead atoms. The highest BCUT2D eigenvalue weighted by Crippen LogP contribution is 2.32. The van der Waals surface area contributed by atoms with Gasteiger partial charge < -0.3 is 19.2 Å². The van der Waals surface area contributed by atoms with Crippen molar-refractivity contribution in [1.82, 2.24) is 5.06 Å². The first-order valence-corrected chi connectivity index (χ1v) is 12.1. The minimum atomic E-state index is -0.687. The van der Waals surface area contributed by atoms with Crippen molar-refractivity contribution < 1.29 is 33.1 Å². The summed E-state index contributed by atoms with van der Waals surface area (Å²) in [6.07, 6.45) is 3.71. The van der Waals surface area contributed by atoms with E-state index in [1.165, 1.54) is 11.0 Å². The largest absolute Gasteiger partial charge is 0.442 e. The van der Waals surface area contributed by atoms with Gasteiger partial charge in [0.25, 0.3) is 5.91 Å². The lowest BCUT2D eigenvalue weighted by molar-refractivity contribution is -0.211. The molecule has 10 heteroatoms. The number of halogens is 1. The molecule has 184 valence electrons. The van der Waals surface area contributed by atoms with Crippen molar-refractivity contribution in [3.05, 3.63) is 24.0 Å². The summed E-state index contributed by atoms with van der Waals surface area (Å²) in [7, 11) is 0. The van der Waals surface area contributed by atoms with Gasteiger partial charge in [0.05, 0.1) is 43.6 Å². The summed E-state index contributed by atoms with van der Waals surface area (Å²) in [4.78, 5) is 46.6. The summed E-state index contributed by atoms with van der Waals surface area (Å²) >= 11 is 0. The fourth-order valence-corrected chi connectivity index (χ4v) is 4.59. The molecule has 2 heterocycles. The monoisotopic (exact) mass is 475 g/mol. The van der Waals surface area contributed by atoms with E-state index in [-0.39, 0.29) is 30.8 Å². The number of anilines is 2. The van der Waals surface area contributed by atoms with Crippen LogP contribution in [0, 0.1) is 17.7 Å². The van der Waals surface area contributed by atoms with E-state index in [2.05, 4.69) is 0 Å². The second-order valence-corrected chi connectivity index (χ2v) is 9.42. The summed E-state index contributed by atoms with van der Waals surface area (Å²) in [6.45, 7) is 2.39. The first-order valence-electron chi connectivity index (χ1n) is 12.1. The highest BCUT2D eigenvalue weighted by molar-refractivity contribution is 5.90. The zero-order valence-electron chi connectivity index (χ0n) is 19.1. The highest BCUT2D eigenvalue weighted by Gasteiger charge is 2.40. The quantitative estimate of drug-likeness (QED) is 0.585. The van der Waals surface area contributed by atoms with Gasteiger partial charge in [-0.2, -0.15) is 5.06 Å². The molecular formula is C24H30FN3O6. The molecule has 1 atom stereocenters. The van der Waals surface area contributed by atoms with Crippen molar-refractivity contribution in [2.75, 3.05) is 49.2 Å². The fourth-order valence-electron chi connectivity index (χ4n) is 4.59. The number of rotatable bonds is 6. The number of carbonyl (C=O) groups is 3. The lowest BCUT2D eigenvalue weighted by Gasteiger charge is -2.33. The molecule has 1 aromatic rings. The number of hydrogen-bond acceptors (Lipinski definition) is 7. The minimum Gasteiger partial charge on any atom is -0.442 e. The van der Waals surface area contributed by atoms with Crippen LogP contribution in [0.5, 0.6) is 0 Å². The van der Waals surface area contributed by atoms with E-state index in [1.54, 1.807) is 12.1 Å². The van der Waals surface area contributed by atoms with Crippen LogP contribution in [0.15, 0.2) is 18.2 Å². The Morgan fingerprint density at radius 3 is 2.41 bits per heavy atom. The van der Waals surface area contributed by atoms with Gasteiger partial charge >= 0.3 is 12.1 Å².